The largest absolute Gasteiger partial charge is 0.472 e. The van der Waals surface area contributed by atoms with Gasteiger partial charge in [0.25, 0.3) is 0 Å². The number of esters is 2. The first-order valence-corrected chi connectivity index (χ1v) is 24.2. The minimum atomic E-state index is -4.89. The van der Waals surface area contributed by atoms with Crippen molar-refractivity contribution in [3.05, 3.63) is 60.8 Å². The zero-order valence-electron chi connectivity index (χ0n) is 35.3. The van der Waals surface area contributed by atoms with Crippen LogP contribution in [0.3, 0.4) is 0 Å². The van der Waals surface area contributed by atoms with E-state index in [2.05, 4.69) is 35.0 Å². The molecule has 1 unspecified atom stereocenters. The van der Waals surface area contributed by atoms with Gasteiger partial charge in [-0.2, -0.15) is 0 Å². The fraction of sp³-hybridized carbons (Fsp3) is 0.714. The Bertz CT molecular complexity index is 1310. The fourth-order valence-electron chi connectivity index (χ4n) is 5.26. The van der Waals surface area contributed by atoms with Gasteiger partial charge in [0, 0.05) is 12.8 Å². The van der Waals surface area contributed by atoms with Gasteiger partial charge in [0.2, 0.25) is 0 Å². The van der Waals surface area contributed by atoms with Gasteiger partial charge in [0.1, 0.15) is 12.7 Å². The number of phosphoric ester groups is 2. The number of hydrogen-bond donors (Lipinski definition) is 6. The zero-order chi connectivity index (χ0) is 44.0. The number of carbonyl (C=O) groups excluding carboxylic acids is 2. The molecule has 5 atom stereocenters. The Labute approximate surface area is 352 Å². The molecule has 0 aliphatic heterocycles. The second-order valence-electron chi connectivity index (χ2n) is 14.3. The third-order valence-electron chi connectivity index (χ3n) is 8.58. The highest BCUT2D eigenvalue weighted by molar-refractivity contribution is 7.47. The first kappa shape index (κ1) is 56.7. The first-order valence-electron chi connectivity index (χ1n) is 21.2. The Morgan fingerprint density at radius 2 is 1.07 bits per heavy atom. The Morgan fingerprint density at radius 1 is 0.559 bits per heavy atom. The molecule has 17 heteroatoms. The van der Waals surface area contributed by atoms with Crippen LogP contribution in [0.25, 0.3) is 0 Å². The molecular weight excluding hydrogens is 806 g/mol. The van der Waals surface area contributed by atoms with Gasteiger partial charge in [-0.15, -0.1) is 0 Å². The van der Waals surface area contributed by atoms with Crippen molar-refractivity contribution in [2.24, 2.45) is 0 Å². The summed E-state index contributed by atoms with van der Waals surface area (Å²) in [4.78, 5) is 52.6. The van der Waals surface area contributed by atoms with Crippen LogP contribution in [0.1, 0.15) is 142 Å². The van der Waals surface area contributed by atoms with Crippen LogP contribution in [0.2, 0.25) is 0 Å². The lowest BCUT2D eigenvalue weighted by Crippen LogP contribution is -2.30. The highest BCUT2D eigenvalue weighted by Gasteiger charge is 2.28. The van der Waals surface area contributed by atoms with Crippen molar-refractivity contribution in [2.75, 3.05) is 26.4 Å². The van der Waals surface area contributed by atoms with Crippen molar-refractivity contribution in [2.45, 2.75) is 167 Å². The lowest BCUT2D eigenvalue weighted by atomic mass is 10.1. The molecule has 0 bridgehead atoms. The molecule has 0 aliphatic carbocycles. The molecule has 0 radical (unpaired) electrons. The van der Waals surface area contributed by atoms with Gasteiger partial charge >= 0.3 is 27.6 Å². The predicted molar refractivity (Wildman–Crippen MR) is 228 cm³/mol. The van der Waals surface area contributed by atoms with Crippen molar-refractivity contribution in [3.8, 4) is 0 Å². The lowest BCUT2D eigenvalue weighted by molar-refractivity contribution is -0.161. The molecule has 0 spiro atoms. The first-order chi connectivity index (χ1) is 28.2. The molecule has 0 aromatic heterocycles. The molecule has 342 valence electrons. The van der Waals surface area contributed by atoms with Gasteiger partial charge in [0.05, 0.1) is 32.0 Å². The third kappa shape index (κ3) is 40.9. The summed E-state index contributed by atoms with van der Waals surface area (Å²) in [6, 6.07) is 0. The van der Waals surface area contributed by atoms with Gasteiger partial charge in [-0.25, -0.2) is 9.13 Å². The number of phosphoric acid groups is 2. The zero-order valence-corrected chi connectivity index (χ0v) is 37.1. The van der Waals surface area contributed by atoms with Gasteiger partial charge in [0.15, 0.2) is 6.10 Å². The highest BCUT2D eigenvalue weighted by Crippen LogP contribution is 2.43. The summed E-state index contributed by atoms with van der Waals surface area (Å²) in [6.45, 7) is 1.36. The maximum atomic E-state index is 12.6. The summed E-state index contributed by atoms with van der Waals surface area (Å²) in [6.07, 6.45) is 31.5. The number of hydrogen-bond acceptors (Lipinski definition) is 12. The number of unbranched alkanes of at least 4 members (excludes halogenated alkanes) is 11. The molecule has 0 saturated heterocycles. The molecule has 0 aromatic carbocycles. The van der Waals surface area contributed by atoms with E-state index < -0.39 is 78.4 Å². The Morgan fingerprint density at radius 3 is 1.68 bits per heavy atom. The predicted octanol–water partition coefficient (Wildman–Crippen LogP) is 8.39. The van der Waals surface area contributed by atoms with Crippen molar-refractivity contribution < 1.29 is 71.8 Å². The molecule has 59 heavy (non-hydrogen) atoms. The number of rotatable bonds is 39. The molecule has 15 nitrogen and oxygen atoms in total. The Kier molecular flexibility index (Phi) is 36.1. The monoisotopic (exact) mass is 880 g/mol. The average Bonchev–Trinajstić information content (AvgIpc) is 3.18. The van der Waals surface area contributed by atoms with Crippen LogP contribution in [-0.2, 0) is 41.8 Å². The number of carbonyl (C=O) groups is 2. The van der Waals surface area contributed by atoms with Crippen molar-refractivity contribution in [1.82, 2.24) is 0 Å². The molecule has 6 N–H and O–H groups in total. The summed E-state index contributed by atoms with van der Waals surface area (Å²) in [5.74, 6) is -1.27. The fourth-order valence-corrected chi connectivity index (χ4v) is 6.42. The van der Waals surface area contributed by atoms with E-state index in [0.29, 0.717) is 12.8 Å². The van der Waals surface area contributed by atoms with E-state index in [1.54, 1.807) is 24.3 Å². The molecule has 0 fully saturated rings. The summed E-state index contributed by atoms with van der Waals surface area (Å²) in [5, 5.41) is 29.9. The van der Waals surface area contributed by atoms with E-state index in [1.165, 1.54) is 25.7 Å². The molecular formula is C42H74O15P2. The average molecular weight is 881 g/mol. The Balaban J connectivity index is 4.78. The van der Waals surface area contributed by atoms with E-state index in [9.17, 15) is 38.9 Å². The van der Waals surface area contributed by atoms with Crippen molar-refractivity contribution in [3.63, 3.8) is 0 Å². The minimum Gasteiger partial charge on any atom is -0.462 e. The highest BCUT2D eigenvalue weighted by atomic mass is 31.2. The number of ether oxygens (including phenoxy) is 2. The quantitative estimate of drug-likeness (QED) is 0.0112. The van der Waals surface area contributed by atoms with Crippen LogP contribution in [-0.4, -0.2) is 92.8 Å². The van der Waals surface area contributed by atoms with Gasteiger partial charge in [-0.05, 0) is 57.8 Å². The molecule has 0 amide bonds. The SMILES string of the molecule is CCCCCC/C=C\CCCCCCCC(=O)O[C@H](COC(=O)CCC[C@@H](O)/C=C/C=C\C/C=C\C=C\[C@@H](O)CCCCC)COP(=O)(O)OC[C@@H](O)COP(=O)(O)O. The molecule has 0 aromatic rings. The molecule has 0 rings (SSSR count). The summed E-state index contributed by atoms with van der Waals surface area (Å²) in [5.41, 5.74) is 0. The van der Waals surface area contributed by atoms with Crippen LogP contribution in [0.15, 0.2) is 60.8 Å². The van der Waals surface area contributed by atoms with Crippen LogP contribution < -0.4 is 0 Å². The smallest absolute Gasteiger partial charge is 0.462 e. The van der Waals surface area contributed by atoms with E-state index in [0.717, 1.165) is 64.2 Å². The standard InChI is InChI=1S/C42H74O15P2/c1-3-5-7-8-9-10-11-12-13-14-18-21-25-31-42(47)57-40(36-56-59(51,52)55-34-39(45)33-54-58(48,49)50)35-53-41(46)32-26-30-38(44)29-24-20-17-15-16-19-23-28-37(43)27-22-6-4-2/h10-11,16-17,19-20,23-24,28-29,37-40,43-45H,3-9,12-15,18,21-22,25-27,30-36H2,1-2H3,(H,51,52)(H2,48,49,50)/b11-10-,19-16-,20-17-,28-23+,29-24+/t37-,38-,39-,40+/m0/s1. The maximum Gasteiger partial charge on any atom is 0.472 e. The topological polar surface area (TPSA) is 236 Å². The molecule has 0 aliphatic rings. The lowest BCUT2D eigenvalue weighted by Gasteiger charge is -2.20. The van der Waals surface area contributed by atoms with E-state index in [1.807, 2.05) is 24.3 Å². The molecule has 0 saturated carbocycles. The number of allylic oxidation sites excluding steroid dienone is 8. The second-order valence-corrected chi connectivity index (χ2v) is 17.0. The van der Waals surface area contributed by atoms with Gasteiger partial charge < -0.3 is 39.5 Å². The van der Waals surface area contributed by atoms with Gasteiger partial charge in [-0.1, -0.05) is 132 Å². The number of aliphatic hydroxyl groups is 3. The molecule has 0 heterocycles. The van der Waals surface area contributed by atoms with Crippen LogP contribution in [0.4, 0.5) is 0 Å². The minimum absolute atomic E-state index is 0.0567. The second kappa shape index (κ2) is 37.5. The summed E-state index contributed by atoms with van der Waals surface area (Å²) >= 11 is 0. The van der Waals surface area contributed by atoms with E-state index >= 15 is 0 Å². The van der Waals surface area contributed by atoms with E-state index in [4.69, 9.17) is 23.8 Å². The number of aliphatic hydroxyl groups excluding tert-OH is 3. The third-order valence-corrected chi connectivity index (χ3v) is 10.0. The Hall–Kier alpha value is -2.26. The van der Waals surface area contributed by atoms with Crippen LogP contribution >= 0.6 is 15.6 Å². The van der Waals surface area contributed by atoms with Crippen molar-refractivity contribution >= 4 is 27.6 Å². The van der Waals surface area contributed by atoms with Crippen LogP contribution in [0, 0.1) is 0 Å². The maximum absolute atomic E-state index is 12.6. The normalized spacial score (nSPS) is 15.7. The summed E-state index contributed by atoms with van der Waals surface area (Å²) < 4.78 is 47.5. The van der Waals surface area contributed by atoms with Crippen LogP contribution in [0.5, 0.6) is 0 Å². The van der Waals surface area contributed by atoms with E-state index in [-0.39, 0.29) is 25.7 Å². The van der Waals surface area contributed by atoms with Gasteiger partial charge in [-0.3, -0.25) is 23.2 Å². The summed E-state index contributed by atoms with van der Waals surface area (Å²) in [7, 11) is -9.75. The van der Waals surface area contributed by atoms with Crippen molar-refractivity contribution in [1.29, 1.82) is 0 Å².